The van der Waals surface area contributed by atoms with Gasteiger partial charge in [0.05, 0.1) is 24.7 Å². The zero-order chi connectivity index (χ0) is 28.8. The number of carbonyl (C=O) groups is 2. The molecular weight excluding hydrogens is 505 g/mol. The summed E-state index contributed by atoms with van der Waals surface area (Å²) in [6.45, 7) is 10.0. The van der Waals surface area contributed by atoms with Gasteiger partial charge in [0.1, 0.15) is 6.61 Å². The highest BCUT2D eigenvalue weighted by molar-refractivity contribution is 6.62. The van der Waals surface area contributed by atoms with Crippen molar-refractivity contribution < 1.29 is 28.4 Å². The highest BCUT2D eigenvalue weighted by atomic mass is 16.7. The SMILES string of the molecule is COC(=O)Cc1cc(B2OC(C)(C)C(C)(C)O2)cc(N(C)C(=O)OCC2c3ccccc3-c3ccccc32)c1C. The van der Waals surface area contributed by atoms with E-state index in [1.165, 1.54) is 23.1 Å². The van der Waals surface area contributed by atoms with Crippen molar-refractivity contribution in [2.45, 2.75) is 58.2 Å². The average Bonchev–Trinajstić information content (AvgIpc) is 3.36. The van der Waals surface area contributed by atoms with Crippen LogP contribution in [0.4, 0.5) is 10.5 Å². The van der Waals surface area contributed by atoms with Crippen LogP contribution in [-0.4, -0.2) is 51.1 Å². The fourth-order valence-corrected chi connectivity index (χ4v) is 5.45. The van der Waals surface area contributed by atoms with Gasteiger partial charge in [0.2, 0.25) is 0 Å². The van der Waals surface area contributed by atoms with E-state index in [0.717, 1.165) is 27.7 Å². The lowest BCUT2D eigenvalue weighted by molar-refractivity contribution is -0.139. The van der Waals surface area contributed by atoms with E-state index < -0.39 is 24.4 Å². The van der Waals surface area contributed by atoms with Gasteiger partial charge in [0.25, 0.3) is 0 Å². The van der Waals surface area contributed by atoms with Gasteiger partial charge < -0.3 is 18.8 Å². The third-order valence-corrected chi connectivity index (χ3v) is 8.57. The van der Waals surface area contributed by atoms with E-state index >= 15 is 0 Å². The molecule has 0 spiro atoms. The molecule has 1 aliphatic heterocycles. The monoisotopic (exact) mass is 541 g/mol. The third kappa shape index (κ3) is 4.91. The van der Waals surface area contributed by atoms with Crippen LogP contribution in [0.2, 0.25) is 0 Å². The number of nitrogens with zero attached hydrogens (tertiary/aromatic N) is 1. The normalized spacial score (nSPS) is 16.8. The fourth-order valence-electron chi connectivity index (χ4n) is 5.45. The molecule has 208 valence electrons. The van der Waals surface area contributed by atoms with Gasteiger partial charge in [-0.25, -0.2) is 4.79 Å². The molecule has 2 aliphatic rings. The molecule has 0 bridgehead atoms. The number of fused-ring (bicyclic) bond motifs is 3. The molecule has 1 saturated heterocycles. The van der Waals surface area contributed by atoms with Gasteiger partial charge in [0.15, 0.2) is 0 Å². The van der Waals surface area contributed by atoms with E-state index in [1.807, 2.05) is 71.0 Å². The Kier molecular flexibility index (Phi) is 7.27. The van der Waals surface area contributed by atoms with Crippen molar-refractivity contribution >= 4 is 30.3 Å². The number of amides is 1. The number of benzene rings is 3. The fraction of sp³-hybridized carbons (Fsp3) is 0.375. The van der Waals surface area contributed by atoms with E-state index in [1.54, 1.807) is 7.05 Å². The second-order valence-corrected chi connectivity index (χ2v) is 11.5. The molecule has 0 atom stereocenters. The molecule has 1 fully saturated rings. The van der Waals surface area contributed by atoms with E-state index in [0.29, 0.717) is 5.69 Å². The first-order valence-electron chi connectivity index (χ1n) is 13.6. The predicted octanol–water partition coefficient (Wildman–Crippen LogP) is 5.40. The van der Waals surface area contributed by atoms with Gasteiger partial charge in [-0.3, -0.25) is 9.69 Å². The molecule has 1 amide bonds. The zero-order valence-electron chi connectivity index (χ0n) is 24.2. The first kappa shape index (κ1) is 27.9. The van der Waals surface area contributed by atoms with Crippen molar-refractivity contribution in [3.63, 3.8) is 0 Å². The Hall–Kier alpha value is -3.62. The van der Waals surface area contributed by atoms with Crippen LogP contribution < -0.4 is 10.4 Å². The van der Waals surface area contributed by atoms with E-state index in [2.05, 4.69) is 24.3 Å². The number of hydrogen-bond donors (Lipinski definition) is 0. The summed E-state index contributed by atoms with van der Waals surface area (Å²) in [6, 6.07) is 20.2. The lowest BCUT2D eigenvalue weighted by atomic mass is 9.77. The molecular formula is C32H36BNO6. The number of hydrogen-bond acceptors (Lipinski definition) is 6. The number of carbonyl (C=O) groups excluding carboxylic acids is 2. The average molecular weight is 541 g/mol. The zero-order valence-corrected chi connectivity index (χ0v) is 24.2. The van der Waals surface area contributed by atoms with Gasteiger partial charge in [-0.1, -0.05) is 54.6 Å². The van der Waals surface area contributed by atoms with Crippen LogP contribution in [0, 0.1) is 6.92 Å². The summed E-state index contributed by atoms with van der Waals surface area (Å²) in [4.78, 5) is 27.2. The summed E-state index contributed by atoms with van der Waals surface area (Å²) in [5.74, 6) is -0.416. The van der Waals surface area contributed by atoms with Gasteiger partial charge >= 0.3 is 19.2 Å². The van der Waals surface area contributed by atoms with E-state index in [-0.39, 0.29) is 24.9 Å². The van der Waals surface area contributed by atoms with Crippen LogP contribution in [0.3, 0.4) is 0 Å². The molecule has 8 heteroatoms. The van der Waals surface area contributed by atoms with Gasteiger partial charge in [0, 0.05) is 18.7 Å². The first-order valence-corrected chi connectivity index (χ1v) is 13.6. The standard InChI is InChI=1S/C32H36BNO6/c1-20-21(17-29(35)37-7)16-22(33-39-31(2,3)32(4,5)40-33)18-28(20)34(6)30(36)38-19-27-25-14-10-8-12-23(25)24-13-9-11-15-26(24)27/h8-16,18,27H,17,19H2,1-7H3. The highest BCUT2D eigenvalue weighted by Crippen LogP contribution is 2.44. The maximum atomic E-state index is 13.5. The molecule has 0 N–H and O–H groups in total. The van der Waals surface area contributed by atoms with Crippen LogP contribution in [0.15, 0.2) is 60.7 Å². The minimum atomic E-state index is -0.656. The summed E-state index contributed by atoms with van der Waals surface area (Å²) >= 11 is 0. The molecule has 40 heavy (non-hydrogen) atoms. The van der Waals surface area contributed by atoms with Crippen molar-refractivity contribution in [1.29, 1.82) is 0 Å². The summed E-state index contributed by atoms with van der Waals surface area (Å²) < 4.78 is 23.4. The maximum Gasteiger partial charge on any atom is 0.494 e. The highest BCUT2D eigenvalue weighted by Gasteiger charge is 2.52. The minimum Gasteiger partial charge on any atom is -0.469 e. The Balaban J connectivity index is 1.42. The van der Waals surface area contributed by atoms with Gasteiger partial charge in [-0.15, -0.1) is 0 Å². The van der Waals surface area contributed by atoms with E-state index in [4.69, 9.17) is 18.8 Å². The number of methoxy groups -OCH3 is 1. The molecule has 7 nitrogen and oxygen atoms in total. The molecule has 0 radical (unpaired) electrons. The molecule has 3 aromatic carbocycles. The number of rotatable bonds is 6. The maximum absolute atomic E-state index is 13.5. The van der Waals surface area contributed by atoms with Crippen molar-refractivity contribution in [1.82, 2.24) is 0 Å². The predicted molar refractivity (Wildman–Crippen MR) is 156 cm³/mol. The Morgan fingerprint density at radius 2 is 1.48 bits per heavy atom. The molecule has 5 rings (SSSR count). The van der Waals surface area contributed by atoms with Crippen molar-refractivity contribution in [3.8, 4) is 11.1 Å². The van der Waals surface area contributed by atoms with Crippen LogP contribution in [-0.2, 0) is 30.0 Å². The smallest absolute Gasteiger partial charge is 0.469 e. The number of esters is 1. The molecule has 1 aliphatic carbocycles. The summed E-state index contributed by atoms with van der Waals surface area (Å²) in [7, 11) is 2.38. The Labute approximate surface area is 236 Å². The molecule has 3 aromatic rings. The lowest BCUT2D eigenvalue weighted by Crippen LogP contribution is -2.41. The second-order valence-electron chi connectivity index (χ2n) is 11.5. The van der Waals surface area contributed by atoms with Crippen LogP contribution >= 0.6 is 0 Å². The van der Waals surface area contributed by atoms with Crippen LogP contribution in [0.1, 0.15) is 55.9 Å². The van der Waals surface area contributed by atoms with Crippen molar-refractivity contribution in [2.75, 3.05) is 25.7 Å². The third-order valence-electron chi connectivity index (χ3n) is 8.57. The van der Waals surface area contributed by atoms with Gasteiger partial charge in [-0.05, 0) is 79.5 Å². The summed E-state index contributed by atoms with van der Waals surface area (Å²) in [5, 5.41) is 0. The first-order chi connectivity index (χ1) is 18.9. The quantitative estimate of drug-likeness (QED) is 0.308. The molecule has 1 heterocycles. The molecule has 0 saturated carbocycles. The number of ether oxygens (including phenoxy) is 2. The second kappa shape index (κ2) is 10.4. The van der Waals surface area contributed by atoms with Crippen molar-refractivity contribution in [2.24, 2.45) is 0 Å². The molecule has 0 aromatic heterocycles. The number of anilines is 1. The topological polar surface area (TPSA) is 74.3 Å². The largest absolute Gasteiger partial charge is 0.494 e. The Morgan fingerprint density at radius 1 is 0.925 bits per heavy atom. The Bertz CT molecular complexity index is 1400. The minimum absolute atomic E-state index is 0.0446. The van der Waals surface area contributed by atoms with E-state index in [9.17, 15) is 9.59 Å². The molecule has 0 unspecified atom stereocenters. The summed E-state index contributed by atoms with van der Waals surface area (Å²) in [5.41, 5.74) is 6.41. The van der Waals surface area contributed by atoms with Crippen LogP contribution in [0.5, 0.6) is 0 Å². The summed E-state index contributed by atoms with van der Waals surface area (Å²) in [6.07, 6.45) is -0.429. The van der Waals surface area contributed by atoms with Crippen LogP contribution in [0.25, 0.3) is 11.1 Å². The Morgan fingerprint density at radius 3 is 2.02 bits per heavy atom. The van der Waals surface area contributed by atoms with Gasteiger partial charge in [-0.2, -0.15) is 0 Å². The lowest BCUT2D eigenvalue weighted by Gasteiger charge is -2.32. The van der Waals surface area contributed by atoms with Crippen molar-refractivity contribution in [3.05, 3.63) is 82.9 Å².